The summed E-state index contributed by atoms with van der Waals surface area (Å²) in [5, 5.41) is 11.6. The van der Waals surface area contributed by atoms with Gasteiger partial charge in [0.2, 0.25) is 0 Å². The van der Waals surface area contributed by atoms with E-state index >= 15 is 0 Å². The molecule has 132 valence electrons. The van der Waals surface area contributed by atoms with Crippen molar-refractivity contribution in [2.24, 2.45) is 0 Å². The number of pyridine rings is 2. The smallest absolute Gasteiger partial charge is 0.144 e. The first-order chi connectivity index (χ1) is 12.6. The SMILES string of the molecule is Cc1cnc2c(c1)c1c(n2/C=C2\CCc3cncc(O)c32)CCN(C)C1. The minimum atomic E-state index is 0.278. The molecule has 1 aliphatic carbocycles. The number of likely N-dealkylation sites (N-methyl/N-ethyl adjacent to an activating group) is 1. The Balaban J connectivity index is 1.75. The number of aromatic hydroxyl groups is 1. The summed E-state index contributed by atoms with van der Waals surface area (Å²) in [5.41, 5.74) is 8.20. The Morgan fingerprint density at radius 1 is 1.15 bits per heavy atom. The van der Waals surface area contributed by atoms with Crippen LogP contribution in [0, 0.1) is 6.92 Å². The normalized spacial score (nSPS) is 18.5. The molecule has 0 fully saturated rings. The van der Waals surface area contributed by atoms with Gasteiger partial charge in [-0.05, 0) is 55.1 Å². The molecular formula is C21H22N4O. The van der Waals surface area contributed by atoms with Gasteiger partial charge in [-0.3, -0.25) is 4.98 Å². The number of fused-ring (bicyclic) bond motifs is 4. The summed E-state index contributed by atoms with van der Waals surface area (Å²) in [6, 6.07) is 2.25. The van der Waals surface area contributed by atoms with Crippen LogP contribution in [-0.2, 0) is 19.4 Å². The molecule has 5 nitrogen and oxygen atoms in total. The molecule has 0 aromatic carbocycles. The topological polar surface area (TPSA) is 54.2 Å². The van der Waals surface area contributed by atoms with Crippen LogP contribution in [0.1, 0.15) is 34.4 Å². The Kier molecular flexibility index (Phi) is 3.40. The summed E-state index contributed by atoms with van der Waals surface area (Å²) in [5.74, 6) is 0.278. The molecule has 0 spiro atoms. The Morgan fingerprint density at radius 2 is 2.04 bits per heavy atom. The van der Waals surface area contributed by atoms with Crippen LogP contribution in [0.5, 0.6) is 5.75 Å². The number of hydrogen-bond acceptors (Lipinski definition) is 4. The van der Waals surface area contributed by atoms with Gasteiger partial charge in [0, 0.05) is 54.7 Å². The monoisotopic (exact) mass is 346 g/mol. The van der Waals surface area contributed by atoms with Crippen LogP contribution in [-0.4, -0.2) is 38.1 Å². The fourth-order valence-electron chi connectivity index (χ4n) is 4.37. The van der Waals surface area contributed by atoms with Gasteiger partial charge >= 0.3 is 0 Å². The fraction of sp³-hybridized carbons (Fsp3) is 0.333. The van der Waals surface area contributed by atoms with E-state index in [1.807, 2.05) is 12.4 Å². The number of aryl methyl sites for hydroxylation is 2. The number of rotatable bonds is 1. The molecule has 0 bridgehead atoms. The van der Waals surface area contributed by atoms with Crippen LogP contribution < -0.4 is 0 Å². The van der Waals surface area contributed by atoms with Gasteiger partial charge < -0.3 is 14.6 Å². The predicted molar refractivity (Wildman–Crippen MR) is 103 cm³/mol. The summed E-state index contributed by atoms with van der Waals surface area (Å²) in [4.78, 5) is 11.2. The van der Waals surface area contributed by atoms with Crippen LogP contribution in [0.4, 0.5) is 0 Å². The third kappa shape index (κ3) is 2.27. The highest BCUT2D eigenvalue weighted by Gasteiger charge is 2.25. The predicted octanol–water partition coefficient (Wildman–Crippen LogP) is 3.38. The highest BCUT2D eigenvalue weighted by Crippen LogP contribution is 2.39. The van der Waals surface area contributed by atoms with Gasteiger partial charge in [0.05, 0.1) is 6.20 Å². The molecule has 0 amide bonds. The first-order valence-corrected chi connectivity index (χ1v) is 9.15. The van der Waals surface area contributed by atoms with Crippen molar-refractivity contribution in [3.63, 3.8) is 0 Å². The van der Waals surface area contributed by atoms with Gasteiger partial charge in [-0.25, -0.2) is 4.98 Å². The molecule has 2 aliphatic rings. The van der Waals surface area contributed by atoms with E-state index in [0.29, 0.717) is 0 Å². The Labute approximate surface area is 152 Å². The highest BCUT2D eigenvalue weighted by atomic mass is 16.3. The molecule has 0 atom stereocenters. The lowest BCUT2D eigenvalue weighted by atomic mass is 10.1. The molecule has 0 saturated carbocycles. The van der Waals surface area contributed by atoms with E-state index in [-0.39, 0.29) is 5.75 Å². The molecule has 3 aromatic heterocycles. The maximum Gasteiger partial charge on any atom is 0.144 e. The van der Waals surface area contributed by atoms with Crippen molar-refractivity contribution in [2.75, 3.05) is 13.6 Å². The van der Waals surface area contributed by atoms with Crippen LogP contribution >= 0.6 is 0 Å². The van der Waals surface area contributed by atoms with E-state index in [1.165, 1.54) is 34.0 Å². The maximum absolute atomic E-state index is 10.3. The van der Waals surface area contributed by atoms with Crippen molar-refractivity contribution in [1.29, 1.82) is 0 Å². The number of nitrogens with zero attached hydrogens (tertiary/aromatic N) is 4. The van der Waals surface area contributed by atoms with E-state index in [2.05, 4.69) is 40.7 Å². The molecular weight excluding hydrogens is 324 g/mol. The second-order valence-electron chi connectivity index (χ2n) is 7.51. The molecule has 3 aromatic rings. The van der Waals surface area contributed by atoms with E-state index in [1.54, 1.807) is 0 Å². The molecule has 0 saturated heterocycles. The van der Waals surface area contributed by atoms with Gasteiger partial charge in [-0.1, -0.05) is 0 Å². The first kappa shape index (κ1) is 15.6. The molecule has 1 N–H and O–H groups in total. The van der Waals surface area contributed by atoms with Crippen LogP contribution in [0.2, 0.25) is 0 Å². The minimum absolute atomic E-state index is 0.278. The molecule has 1 aliphatic heterocycles. The molecule has 5 heteroatoms. The molecule has 5 rings (SSSR count). The Hall–Kier alpha value is -2.66. The van der Waals surface area contributed by atoms with E-state index in [9.17, 15) is 5.11 Å². The summed E-state index contributed by atoms with van der Waals surface area (Å²) in [6.07, 6.45) is 10.4. The molecule has 0 unspecified atom stereocenters. The van der Waals surface area contributed by atoms with Gasteiger partial charge in [0.15, 0.2) is 0 Å². The fourth-order valence-corrected chi connectivity index (χ4v) is 4.37. The standard InChI is InChI=1S/C21H22N4O/c1-13-7-16-17-12-24(2)6-5-18(17)25(21(16)23-8-13)11-15-4-3-14-9-22-10-19(26)20(14)15/h7-11,26H,3-6,12H2,1-2H3/b15-11+. The van der Waals surface area contributed by atoms with Crippen molar-refractivity contribution >= 4 is 22.8 Å². The molecule has 26 heavy (non-hydrogen) atoms. The largest absolute Gasteiger partial charge is 0.506 e. The third-order valence-electron chi connectivity index (χ3n) is 5.63. The van der Waals surface area contributed by atoms with Crippen molar-refractivity contribution in [3.05, 3.63) is 52.6 Å². The summed E-state index contributed by atoms with van der Waals surface area (Å²) < 4.78 is 2.27. The Bertz CT molecular complexity index is 1060. The zero-order chi connectivity index (χ0) is 17.8. The van der Waals surface area contributed by atoms with Gasteiger partial charge in [0.25, 0.3) is 0 Å². The first-order valence-electron chi connectivity index (χ1n) is 9.15. The van der Waals surface area contributed by atoms with E-state index in [0.717, 1.165) is 49.1 Å². The number of hydrogen-bond donors (Lipinski definition) is 1. The maximum atomic E-state index is 10.3. The van der Waals surface area contributed by atoms with Gasteiger partial charge in [-0.15, -0.1) is 0 Å². The lowest BCUT2D eigenvalue weighted by Crippen LogP contribution is -2.26. The summed E-state index contributed by atoms with van der Waals surface area (Å²) >= 11 is 0. The second kappa shape index (κ2) is 5.68. The van der Waals surface area contributed by atoms with Crippen molar-refractivity contribution in [3.8, 4) is 5.75 Å². The number of allylic oxidation sites excluding steroid dienone is 1. The third-order valence-corrected chi connectivity index (χ3v) is 5.63. The lowest BCUT2D eigenvalue weighted by Gasteiger charge is -2.23. The summed E-state index contributed by atoms with van der Waals surface area (Å²) in [6.45, 7) is 4.11. The van der Waals surface area contributed by atoms with Crippen LogP contribution in [0.25, 0.3) is 22.8 Å². The van der Waals surface area contributed by atoms with E-state index < -0.39 is 0 Å². The van der Waals surface area contributed by atoms with Crippen LogP contribution in [0.15, 0.2) is 24.7 Å². The minimum Gasteiger partial charge on any atom is -0.506 e. The van der Waals surface area contributed by atoms with Crippen molar-refractivity contribution < 1.29 is 5.11 Å². The zero-order valence-electron chi connectivity index (χ0n) is 15.2. The molecule has 4 heterocycles. The number of aromatic nitrogens is 3. The highest BCUT2D eigenvalue weighted by molar-refractivity contribution is 5.90. The lowest BCUT2D eigenvalue weighted by molar-refractivity contribution is 0.312. The quantitative estimate of drug-likeness (QED) is 0.734. The zero-order valence-corrected chi connectivity index (χ0v) is 15.2. The van der Waals surface area contributed by atoms with E-state index in [4.69, 9.17) is 4.98 Å². The van der Waals surface area contributed by atoms with Crippen molar-refractivity contribution in [1.82, 2.24) is 19.4 Å². The average molecular weight is 346 g/mol. The van der Waals surface area contributed by atoms with Gasteiger partial charge in [0.1, 0.15) is 11.4 Å². The Morgan fingerprint density at radius 3 is 2.92 bits per heavy atom. The average Bonchev–Trinajstić information content (AvgIpc) is 3.16. The summed E-state index contributed by atoms with van der Waals surface area (Å²) in [7, 11) is 2.17. The second-order valence-corrected chi connectivity index (χ2v) is 7.51. The van der Waals surface area contributed by atoms with Crippen LogP contribution in [0.3, 0.4) is 0 Å². The molecule has 0 radical (unpaired) electrons. The van der Waals surface area contributed by atoms with Gasteiger partial charge in [-0.2, -0.15) is 0 Å². The van der Waals surface area contributed by atoms with Crippen molar-refractivity contribution in [2.45, 2.75) is 32.7 Å².